The van der Waals surface area contributed by atoms with Gasteiger partial charge in [-0.15, -0.1) is 0 Å². The predicted octanol–water partition coefficient (Wildman–Crippen LogP) is 2.38. The van der Waals surface area contributed by atoms with Crippen LogP contribution >= 0.6 is 0 Å². The van der Waals surface area contributed by atoms with E-state index in [0.29, 0.717) is 11.6 Å². The molecule has 3 aromatic heterocycles. The molecule has 0 radical (unpaired) electrons. The Morgan fingerprint density at radius 2 is 1.74 bits per heavy atom. The second-order valence-corrected chi connectivity index (χ2v) is 9.07. The number of aromatic nitrogens is 5. The van der Waals surface area contributed by atoms with Crippen molar-refractivity contribution in [2.75, 3.05) is 42.9 Å². The third-order valence-corrected chi connectivity index (χ3v) is 6.17. The number of fused-ring (bicyclic) bond motifs is 1. The van der Waals surface area contributed by atoms with Gasteiger partial charge in [-0.05, 0) is 38.1 Å². The van der Waals surface area contributed by atoms with Gasteiger partial charge in [0.1, 0.15) is 5.82 Å². The van der Waals surface area contributed by atoms with Crippen molar-refractivity contribution < 1.29 is 9.53 Å². The molecule has 2 aliphatic heterocycles. The van der Waals surface area contributed by atoms with E-state index in [4.69, 9.17) is 4.74 Å². The molecule has 0 spiro atoms. The van der Waals surface area contributed by atoms with Crippen LogP contribution in [-0.4, -0.2) is 79.0 Å². The molecule has 0 aromatic carbocycles. The predicted molar refractivity (Wildman–Crippen MR) is 131 cm³/mol. The molecule has 1 amide bonds. The van der Waals surface area contributed by atoms with Crippen LogP contribution in [0, 0.1) is 0 Å². The highest BCUT2D eigenvalue weighted by Gasteiger charge is 2.44. The number of amides is 1. The van der Waals surface area contributed by atoms with Crippen LogP contribution in [0.3, 0.4) is 0 Å². The molecular weight excluding hydrogens is 446 g/mol. The largest absolute Gasteiger partial charge is 0.472 e. The topological polar surface area (TPSA) is 112 Å². The molecule has 11 nitrogen and oxygen atoms in total. The van der Waals surface area contributed by atoms with Crippen LogP contribution in [0.25, 0.3) is 0 Å². The smallest absolute Gasteiger partial charge is 0.278 e. The zero-order valence-corrected chi connectivity index (χ0v) is 20.2. The molecule has 1 N–H and O–H groups in total. The molecule has 0 atom stereocenters. The van der Waals surface area contributed by atoms with Crippen LogP contribution in [0.15, 0.2) is 43.0 Å². The Hall–Kier alpha value is -3.70. The number of anilines is 4. The highest BCUT2D eigenvalue weighted by Crippen LogP contribution is 2.39. The van der Waals surface area contributed by atoms with Gasteiger partial charge in [0.25, 0.3) is 5.91 Å². The van der Waals surface area contributed by atoms with Crippen molar-refractivity contribution in [2.45, 2.75) is 32.9 Å². The average Bonchev–Trinajstić information content (AvgIpc) is 2.87. The molecule has 11 heteroatoms. The Bertz CT molecular complexity index is 1180. The van der Waals surface area contributed by atoms with Gasteiger partial charge in [-0.25, -0.2) is 24.8 Å². The number of likely N-dealkylation sites (N-methyl/N-ethyl adjacent to an activating group) is 1. The van der Waals surface area contributed by atoms with Crippen molar-refractivity contribution in [3.63, 3.8) is 0 Å². The maximum Gasteiger partial charge on any atom is 0.278 e. The van der Waals surface area contributed by atoms with Crippen LogP contribution in [0.5, 0.6) is 5.75 Å². The van der Waals surface area contributed by atoms with E-state index in [1.165, 1.54) is 4.90 Å². The first-order valence-corrected chi connectivity index (χ1v) is 11.8. The van der Waals surface area contributed by atoms with Gasteiger partial charge < -0.3 is 15.0 Å². The van der Waals surface area contributed by atoms with E-state index in [0.717, 1.165) is 44.8 Å². The second kappa shape index (κ2) is 9.51. The average molecular weight is 476 g/mol. The van der Waals surface area contributed by atoms with Gasteiger partial charge in [0, 0.05) is 51.3 Å². The Kier molecular flexibility index (Phi) is 6.27. The first-order chi connectivity index (χ1) is 16.9. The maximum absolute atomic E-state index is 13.1. The minimum atomic E-state index is -1.11. The van der Waals surface area contributed by atoms with Gasteiger partial charge >= 0.3 is 0 Å². The van der Waals surface area contributed by atoms with Crippen LogP contribution in [0.1, 0.15) is 26.3 Å². The number of nitrogens with one attached hydrogen (secondary N) is 1. The summed E-state index contributed by atoms with van der Waals surface area (Å²) < 4.78 is 5.87. The normalized spacial score (nSPS) is 18.1. The summed E-state index contributed by atoms with van der Waals surface area (Å²) in [6.07, 6.45) is 6.56. The molecule has 5 heterocycles. The number of ether oxygens (including phenoxy) is 1. The molecule has 0 bridgehead atoms. The Morgan fingerprint density at radius 3 is 2.43 bits per heavy atom. The van der Waals surface area contributed by atoms with E-state index in [1.54, 1.807) is 38.5 Å². The summed E-state index contributed by atoms with van der Waals surface area (Å²) in [7, 11) is 0. The molecule has 2 aliphatic rings. The lowest BCUT2D eigenvalue weighted by Gasteiger charge is -2.36. The number of carbonyl (C=O) groups excluding carboxylic acids is 1. The van der Waals surface area contributed by atoms with Crippen LogP contribution < -0.4 is 15.0 Å². The number of rotatable bonds is 6. The van der Waals surface area contributed by atoms with Gasteiger partial charge in [-0.1, -0.05) is 13.0 Å². The zero-order valence-electron chi connectivity index (χ0n) is 20.2. The van der Waals surface area contributed by atoms with E-state index in [2.05, 4.69) is 53.0 Å². The molecule has 0 aliphatic carbocycles. The van der Waals surface area contributed by atoms with Crippen molar-refractivity contribution in [1.29, 1.82) is 0 Å². The third-order valence-electron chi connectivity index (χ3n) is 6.17. The molecule has 0 unspecified atom stereocenters. The van der Waals surface area contributed by atoms with Crippen LogP contribution in [0.4, 0.5) is 23.5 Å². The molecule has 1 saturated heterocycles. The fourth-order valence-electron chi connectivity index (χ4n) is 4.16. The van der Waals surface area contributed by atoms with E-state index in [-0.39, 0.29) is 23.6 Å². The van der Waals surface area contributed by atoms with Crippen LogP contribution in [-0.2, 0) is 11.3 Å². The SMILES string of the molecule is CCN1CCN(Cc2ccc(Nc3ncc4c(n3)N(c3ncccn3)C(=O)C(C)(C)O4)nc2)CC1. The minimum Gasteiger partial charge on any atom is -0.472 e. The number of piperazine rings is 1. The summed E-state index contributed by atoms with van der Waals surface area (Å²) in [5, 5.41) is 3.12. The fourth-order valence-corrected chi connectivity index (χ4v) is 4.16. The first kappa shape index (κ1) is 23.1. The van der Waals surface area contributed by atoms with Crippen molar-refractivity contribution in [3.05, 3.63) is 48.5 Å². The van der Waals surface area contributed by atoms with Crippen LogP contribution in [0.2, 0.25) is 0 Å². The Morgan fingerprint density at radius 1 is 1.00 bits per heavy atom. The lowest BCUT2D eigenvalue weighted by atomic mass is 10.1. The summed E-state index contributed by atoms with van der Waals surface area (Å²) in [5.74, 6) is 1.46. The second-order valence-electron chi connectivity index (χ2n) is 9.07. The monoisotopic (exact) mass is 475 g/mol. The molecule has 3 aromatic rings. The van der Waals surface area contributed by atoms with E-state index in [1.807, 2.05) is 12.3 Å². The van der Waals surface area contributed by atoms with Crippen molar-refractivity contribution in [1.82, 2.24) is 34.7 Å². The lowest BCUT2D eigenvalue weighted by molar-refractivity contribution is -0.132. The number of nitrogens with zero attached hydrogens (tertiary/aromatic N) is 8. The summed E-state index contributed by atoms with van der Waals surface area (Å²) >= 11 is 0. The minimum absolute atomic E-state index is 0.224. The van der Waals surface area contributed by atoms with Gasteiger partial charge in [0.05, 0.1) is 6.20 Å². The molecular formula is C24H29N9O2. The summed E-state index contributed by atoms with van der Waals surface area (Å²) in [5.41, 5.74) is 0.0472. The molecule has 1 fully saturated rings. The Labute approximate surface area is 204 Å². The van der Waals surface area contributed by atoms with E-state index >= 15 is 0 Å². The van der Waals surface area contributed by atoms with Crippen molar-refractivity contribution in [2.24, 2.45) is 0 Å². The Balaban J connectivity index is 1.32. The van der Waals surface area contributed by atoms with Gasteiger partial charge in [-0.3, -0.25) is 9.69 Å². The fraction of sp³-hybridized carbons (Fsp3) is 0.417. The zero-order chi connectivity index (χ0) is 24.4. The highest BCUT2D eigenvalue weighted by molar-refractivity contribution is 6.05. The summed E-state index contributed by atoms with van der Waals surface area (Å²) in [4.78, 5) is 41.3. The third kappa shape index (κ3) is 4.91. The van der Waals surface area contributed by atoms with Crippen molar-refractivity contribution >= 4 is 29.4 Å². The van der Waals surface area contributed by atoms with Gasteiger partial charge in [0.2, 0.25) is 11.9 Å². The van der Waals surface area contributed by atoms with E-state index < -0.39 is 5.60 Å². The molecule has 182 valence electrons. The molecule has 5 rings (SSSR count). The standard InChI is InChI=1S/C24H29N9O2/c1-4-31-10-12-32(13-11-31)16-17-6-7-19(27-14-17)29-22-28-15-18-20(30-22)33(21(34)24(2,3)35-18)23-25-8-5-9-26-23/h5-9,14-15H,4,10-13,16H2,1-3H3,(H,27,28,29,30). The highest BCUT2D eigenvalue weighted by atomic mass is 16.5. The molecule has 0 saturated carbocycles. The quantitative estimate of drug-likeness (QED) is 0.570. The number of carbonyl (C=O) groups is 1. The van der Waals surface area contributed by atoms with Gasteiger partial charge in [0.15, 0.2) is 17.2 Å². The van der Waals surface area contributed by atoms with Crippen molar-refractivity contribution in [3.8, 4) is 5.75 Å². The molecule has 35 heavy (non-hydrogen) atoms. The summed E-state index contributed by atoms with van der Waals surface area (Å²) in [6.45, 7) is 11.9. The number of hydrogen-bond acceptors (Lipinski definition) is 10. The van der Waals surface area contributed by atoms with E-state index in [9.17, 15) is 4.79 Å². The maximum atomic E-state index is 13.1. The number of pyridine rings is 1. The van der Waals surface area contributed by atoms with Gasteiger partial charge in [-0.2, -0.15) is 4.98 Å². The number of hydrogen-bond donors (Lipinski definition) is 1. The lowest BCUT2D eigenvalue weighted by Crippen LogP contribution is -2.51. The first-order valence-electron chi connectivity index (χ1n) is 11.8. The summed E-state index contributed by atoms with van der Waals surface area (Å²) in [6, 6.07) is 5.65.